The summed E-state index contributed by atoms with van der Waals surface area (Å²) in [5, 5.41) is 3.18. The van der Waals surface area contributed by atoms with Crippen LogP contribution < -0.4 is 5.32 Å². The molecule has 1 aliphatic rings. The van der Waals surface area contributed by atoms with Crippen LogP contribution in [0.15, 0.2) is 42.5 Å². The van der Waals surface area contributed by atoms with E-state index in [9.17, 15) is 9.59 Å². The van der Waals surface area contributed by atoms with Crippen molar-refractivity contribution in [1.29, 1.82) is 0 Å². The van der Waals surface area contributed by atoms with Crippen molar-refractivity contribution in [2.75, 3.05) is 26.7 Å². The number of amides is 1. The zero-order chi connectivity index (χ0) is 18.7. The smallest absolute Gasteiger partial charge is 0.254 e. The number of likely N-dealkylation sites (tertiary alicyclic amines) is 1. The average Bonchev–Trinajstić information content (AvgIpc) is 3.12. The first kappa shape index (κ1) is 18.3. The van der Waals surface area contributed by atoms with Gasteiger partial charge in [0.05, 0.1) is 5.56 Å². The molecular weight excluding hydrogens is 324 g/mol. The Hall–Kier alpha value is -2.46. The zero-order valence-electron chi connectivity index (χ0n) is 15.7. The van der Waals surface area contributed by atoms with Crippen LogP contribution in [0.3, 0.4) is 0 Å². The third-order valence-corrected chi connectivity index (χ3v) is 5.24. The fourth-order valence-corrected chi connectivity index (χ4v) is 3.55. The van der Waals surface area contributed by atoms with Crippen LogP contribution in [0.5, 0.6) is 0 Å². The van der Waals surface area contributed by atoms with Gasteiger partial charge in [-0.05, 0) is 63.0 Å². The highest BCUT2D eigenvalue weighted by molar-refractivity contribution is 6.15. The van der Waals surface area contributed by atoms with Gasteiger partial charge >= 0.3 is 0 Å². The maximum absolute atomic E-state index is 13.0. The number of benzene rings is 2. The van der Waals surface area contributed by atoms with Crippen molar-refractivity contribution in [2.24, 2.45) is 5.92 Å². The first-order valence-electron chi connectivity index (χ1n) is 9.16. The van der Waals surface area contributed by atoms with Crippen molar-refractivity contribution < 1.29 is 9.59 Å². The van der Waals surface area contributed by atoms with Gasteiger partial charge in [-0.2, -0.15) is 0 Å². The Morgan fingerprint density at radius 2 is 1.81 bits per heavy atom. The standard InChI is InChI=1S/C22H26N2O2/c1-15-8-9-18(12-16(15)2)21(25)19-6-4-5-7-20(19)22(26)24-11-10-17(14-24)13-23-3/h4-9,12,17,23H,10-11,13-14H2,1-3H3/t17-/m1/s1. The zero-order valence-corrected chi connectivity index (χ0v) is 15.7. The van der Waals surface area contributed by atoms with E-state index in [0.717, 1.165) is 37.2 Å². The summed E-state index contributed by atoms with van der Waals surface area (Å²) in [6.45, 7) is 6.42. The Labute approximate surface area is 155 Å². The first-order valence-corrected chi connectivity index (χ1v) is 9.16. The molecule has 1 amide bonds. The summed E-state index contributed by atoms with van der Waals surface area (Å²) >= 11 is 0. The van der Waals surface area contributed by atoms with Gasteiger partial charge in [-0.15, -0.1) is 0 Å². The van der Waals surface area contributed by atoms with Gasteiger partial charge in [0.25, 0.3) is 5.91 Å². The molecule has 4 nitrogen and oxygen atoms in total. The molecule has 0 aromatic heterocycles. The molecule has 136 valence electrons. The number of nitrogens with one attached hydrogen (secondary N) is 1. The number of carbonyl (C=O) groups excluding carboxylic acids is 2. The number of nitrogens with zero attached hydrogens (tertiary/aromatic N) is 1. The fourth-order valence-electron chi connectivity index (χ4n) is 3.55. The molecule has 0 spiro atoms. The van der Waals surface area contributed by atoms with Crippen LogP contribution >= 0.6 is 0 Å². The number of rotatable bonds is 5. The van der Waals surface area contributed by atoms with E-state index < -0.39 is 0 Å². The predicted octanol–water partition coefficient (Wildman–Crippen LogP) is 3.22. The molecule has 1 heterocycles. The Morgan fingerprint density at radius 1 is 1.08 bits per heavy atom. The molecule has 1 atom stereocenters. The van der Waals surface area contributed by atoms with E-state index in [2.05, 4.69) is 5.32 Å². The lowest BCUT2D eigenvalue weighted by Crippen LogP contribution is -2.31. The number of hydrogen-bond donors (Lipinski definition) is 1. The molecular formula is C22H26N2O2. The summed E-state index contributed by atoms with van der Waals surface area (Å²) in [5.74, 6) is 0.339. The Kier molecular flexibility index (Phi) is 5.52. The fraction of sp³-hybridized carbons (Fsp3) is 0.364. The maximum Gasteiger partial charge on any atom is 0.254 e. The number of ketones is 1. The van der Waals surface area contributed by atoms with E-state index in [4.69, 9.17) is 0 Å². The summed E-state index contributed by atoms with van der Waals surface area (Å²) < 4.78 is 0. The quantitative estimate of drug-likeness (QED) is 0.843. The third kappa shape index (κ3) is 3.70. The van der Waals surface area contributed by atoms with Crippen molar-refractivity contribution >= 4 is 11.7 Å². The lowest BCUT2D eigenvalue weighted by atomic mass is 9.95. The molecule has 1 fully saturated rings. The van der Waals surface area contributed by atoms with Crippen LogP contribution in [0.2, 0.25) is 0 Å². The van der Waals surface area contributed by atoms with Gasteiger partial charge < -0.3 is 10.2 Å². The van der Waals surface area contributed by atoms with Crippen LogP contribution in [0.4, 0.5) is 0 Å². The van der Waals surface area contributed by atoms with Gasteiger partial charge in [0.15, 0.2) is 5.78 Å². The topological polar surface area (TPSA) is 49.4 Å². The highest BCUT2D eigenvalue weighted by Gasteiger charge is 2.28. The Morgan fingerprint density at radius 3 is 2.50 bits per heavy atom. The number of hydrogen-bond acceptors (Lipinski definition) is 3. The van der Waals surface area contributed by atoms with E-state index in [1.54, 1.807) is 12.1 Å². The van der Waals surface area contributed by atoms with Crippen molar-refractivity contribution in [3.8, 4) is 0 Å². The largest absolute Gasteiger partial charge is 0.338 e. The molecule has 1 saturated heterocycles. The van der Waals surface area contributed by atoms with Gasteiger partial charge in [-0.3, -0.25) is 9.59 Å². The van der Waals surface area contributed by atoms with Crippen LogP contribution in [-0.4, -0.2) is 43.3 Å². The molecule has 0 unspecified atom stereocenters. The molecule has 1 aliphatic heterocycles. The van der Waals surface area contributed by atoms with Crippen LogP contribution in [-0.2, 0) is 0 Å². The van der Waals surface area contributed by atoms with Crippen molar-refractivity contribution in [2.45, 2.75) is 20.3 Å². The van der Waals surface area contributed by atoms with E-state index in [-0.39, 0.29) is 11.7 Å². The lowest BCUT2D eigenvalue weighted by molar-refractivity contribution is 0.0782. The molecule has 1 N–H and O–H groups in total. The minimum atomic E-state index is -0.0944. The molecule has 0 radical (unpaired) electrons. The second-order valence-electron chi connectivity index (χ2n) is 7.14. The Bertz CT molecular complexity index is 829. The molecule has 0 aliphatic carbocycles. The minimum absolute atomic E-state index is 0.0450. The molecule has 4 heteroatoms. The summed E-state index contributed by atoms with van der Waals surface area (Å²) in [6.07, 6.45) is 1.000. The van der Waals surface area contributed by atoms with Crippen LogP contribution in [0, 0.1) is 19.8 Å². The monoisotopic (exact) mass is 350 g/mol. The van der Waals surface area contributed by atoms with E-state index in [1.165, 1.54) is 0 Å². The average molecular weight is 350 g/mol. The van der Waals surface area contributed by atoms with Gasteiger partial charge in [-0.1, -0.05) is 30.3 Å². The summed E-state index contributed by atoms with van der Waals surface area (Å²) in [7, 11) is 1.93. The lowest BCUT2D eigenvalue weighted by Gasteiger charge is -2.18. The van der Waals surface area contributed by atoms with Crippen molar-refractivity contribution in [3.05, 3.63) is 70.3 Å². The third-order valence-electron chi connectivity index (χ3n) is 5.24. The minimum Gasteiger partial charge on any atom is -0.338 e. The SMILES string of the molecule is CNC[C@H]1CCN(C(=O)c2ccccc2C(=O)c2ccc(C)c(C)c2)C1. The molecule has 3 rings (SSSR count). The normalized spacial score (nSPS) is 16.7. The highest BCUT2D eigenvalue weighted by atomic mass is 16.2. The Balaban J connectivity index is 1.87. The molecule has 0 bridgehead atoms. The van der Waals surface area contributed by atoms with Gasteiger partial charge in [0, 0.05) is 24.2 Å². The van der Waals surface area contributed by atoms with E-state index >= 15 is 0 Å². The summed E-state index contributed by atoms with van der Waals surface area (Å²) in [4.78, 5) is 27.9. The highest BCUT2D eigenvalue weighted by Crippen LogP contribution is 2.22. The van der Waals surface area contributed by atoms with E-state index in [1.807, 2.05) is 56.1 Å². The van der Waals surface area contributed by atoms with Crippen LogP contribution in [0.1, 0.15) is 43.8 Å². The second-order valence-corrected chi connectivity index (χ2v) is 7.14. The summed E-state index contributed by atoms with van der Waals surface area (Å²) in [6, 6.07) is 12.9. The maximum atomic E-state index is 13.0. The summed E-state index contributed by atoms with van der Waals surface area (Å²) in [5.41, 5.74) is 3.84. The van der Waals surface area contributed by atoms with Gasteiger partial charge in [0.2, 0.25) is 0 Å². The van der Waals surface area contributed by atoms with Crippen molar-refractivity contribution in [1.82, 2.24) is 10.2 Å². The molecule has 2 aromatic carbocycles. The molecule has 2 aromatic rings. The van der Waals surface area contributed by atoms with Gasteiger partial charge in [-0.25, -0.2) is 0 Å². The second kappa shape index (κ2) is 7.83. The van der Waals surface area contributed by atoms with Crippen molar-refractivity contribution in [3.63, 3.8) is 0 Å². The first-order chi connectivity index (χ1) is 12.5. The molecule has 26 heavy (non-hydrogen) atoms. The number of carbonyl (C=O) groups is 2. The predicted molar refractivity (Wildman–Crippen MR) is 104 cm³/mol. The van der Waals surface area contributed by atoms with Gasteiger partial charge in [0.1, 0.15) is 0 Å². The molecule has 0 saturated carbocycles. The van der Waals surface area contributed by atoms with Crippen LogP contribution in [0.25, 0.3) is 0 Å². The number of aryl methyl sites for hydroxylation is 2. The van der Waals surface area contributed by atoms with E-state index in [0.29, 0.717) is 22.6 Å².